The fourth-order valence-corrected chi connectivity index (χ4v) is 2.69. The summed E-state index contributed by atoms with van der Waals surface area (Å²) in [6.45, 7) is 0.390. The number of fused-ring (bicyclic) bond motifs is 1. The van der Waals surface area contributed by atoms with Crippen molar-refractivity contribution in [2.24, 2.45) is 0 Å². The Bertz CT molecular complexity index is 441. The van der Waals surface area contributed by atoms with Gasteiger partial charge < -0.3 is 5.32 Å². The predicted molar refractivity (Wildman–Crippen MR) is 46.9 cm³/mol. The molecule has 1 aromatic rings. The minimum absolute atomic E-state index is 0.0312. The second-order valence-corrected chi connectivity index (χ2v) is 4.96. The van der Waals surface area contributed by atoms with E-state index in [1.54, 1.807) is 0 Å². The van der Waals surface area contributed by atoms with Crippen molar-refractivity contribution in [3.05, 3.63) is 24.0 Å². The molecule has 1 aliphatic rings. The largest absolute Gasteiger partial charge is 0.383 e. The Balaban J connectivity index is 2.68. The monoisotopic (exact) mass is 201 g/mol. The van der Waals surface area contributed by atoms with Crippen LogP contribution in [0.25, 0.3) is 0 Å². The summed E-state index contributed by atoms with van der Waals surface area (Å²) in [6, 6.07) is 3.74. The number of sulfone groups is 1. The van der Waals surface area contributed by atoms with Gasteiger partial charge in [0.15, 0.2) is 9.84 Å². The standard InChI is InChI=1S/C8H8FNO2S/c9-6-1-2-7-8(5-6)13(11,12)4-3-10-7/h1-2,5,10H,3-4H2. The molecule has 0 saturated carbocycles. The van der Waals surface area contributed by atoms with E-state index in [9.17, 15) is 12.8 Å². The average Bonchev–Trinajstić information content (AvgIpc) is 2.06. The lowest BCUT2D eigenvalue weighted by Gasteiger charge is -2.17. The SMILES string of the molecule is O=S1(=O)CCNc2ccc(F)cc21. The second kappa shape index (κ2) is 2.70. The number of benzene rings is 1. The van der Waals surface area contributed by atoms with Crippen molar-refractivity contribution in [2.45, 2.75) is 4.90 Å². The Morgan fingerprint density at radius 3 is 2.92 bits per heavy atom. The number of halogens is 1. The molecule has 0 atom stereocenters. The first-order valence-corrected chi connectivity index (χ1v) is 5.51. The van der Waals surface area contributed by atoms with E-state index < -0.39 is 15.7 Å². The van der Waals surface area contributed by atoms with Gasteiger partial charge in [0.05, 0.1) is 16.3 Å². The third kappa shape index (κ3) is 1.39. The van der Waals surface area contributed by atoms with Gasteiger partial charge in [0, 0.05) is 6.54 Å². The number of hydrogen-bond acceptors (Lipinski definition) is 3. The third-order valence-electron chi connectivity index (χ3n) is 1.96. The molecule has 0 fully saturated rings. The summed E-state index contributed by atoms with van der Waals surface area (Å²) >= 11 is 0. The van der Waals surface area contributed by atoms with Crippen LogP contribution in [0.2, 0.25) is 0 Å². The van der Waals surface area contributed by atoms with Crippen molar-refractivity contribution in [3.8, 4) is 0 Å². The van der Waals surface area contributed by atoms with Crippen LogP contribution in [0.5, 0.6) is 0 Å². The van der Waals surface area contributed by atoms with Crippen LogP contribution in [0.3, 0.4) is 0 Å². The molecule has 13 heavy (non-hydrogen) atoms. The lowest BCUT2D eigenvalue weighted by atomic mass is 10.3. The van der Waals surface area contributed by atoms with Crippen LogP contribution >= 0.6 is 0 Å². The van der Waals surface area contributed by atoms with Crippen molar-refractivity contribution in [2.75, 3.05) is 17.6 Å². The van der Waals surface area contributed by atoms with Gasteiger partial charge in [-0.1, -0.05) is 0 Å². The summed E-state index contributed by atoms with van der Waals surface area (Å²) in [5.74, 6) is -0.491. The Kier molecular flexibility index (Phi) is 1.76. The maximum absolute atomic E-state index is 12.7. The molecule has 0 saturated heterocycles. The van der Waals surface area contributed by atoms with Gasteiger partial charge in [0.2, 0.25) is 0 Å². The summed E-state index contributed by atoms with van der Waals surface area (Å²) in [6.07, 6.45) is 0. The van der Waals surface area contributed by atoms with E-state index in [-0.39, 0.29) is 10.6 Å². The normalized spacial score (nSPS) is 18.8. The molecule has 5 heteroatoms. The lowest BCUT2D eigenvalue weighted by molar-refractivity contribution is 0.589. The summed E-state index contributed by atoms with van der Waals surface area (Å²) < 4.78 is 35.6. The van der Waals surface area contributed by atoms with Gasteiger partial charge >= 0.3 is 0 Å². The average molecular weight is 201 g/mol. The van der Waals surface area contributed by atoms with Crippen LogP contribution in [0.15, 0.2) is 23.1 Å². The summed E-state index contributed by atoms with van der Waals surface area (Å²) in [7, 11) is -3.27. The highest BCUT2D eigenvalue weighted by Gasteiger charge is 2.23. The zero-order valence-electron chi connectivity index (χ0n) is 6.75. The molecule has 1 heterocycles. The van der Waals surface area contributed by atoms with Gasteiger partial charge in [-0.3, -0.25) is 0 Å². The Labute approximate surface area is 75.5 Å². The fourth-order valence-electron chi connectivity index (χ4n) is 1.33. The van der Waals surface area contributed by atoms with Crippen LogP contribution in [-0.2, 0) is 9.84 Å². The first kappa shape index (κ1) is 8.50. The van der Waals surface area contributed by atoms with E-state index in [0.717, 1.165) is 6.07 Å². The molecule has 1 N–H and O–H groups in total. The molecule has 0 unspecified atom stereocenters. The zero-order chi connectivity index (χ0) is 9.47. The number of rotatable bonds is 0. The second-order valence-electron chi connectivity index (χ2n) is 2.89. The highest BCUT2D eigenvalue weighted by atomic mass is 32.2. The minimum Gasteiger partial charge on any atom is -0.383 e. The molecule has 1 aromatic carbocycles. The molecule has 2 rings (SSSR count). The molecule has 0 spiro atoms. The summed E-state index contributed by atoms with van der Waals surface area (Å²) in [5.41, 5.74) is 0.493. The Hall–Kier alpha value is -1.10. The van der Waals surface area contributed by atoms with Crippen molar-refractivity contribution >= 4 is 15.5 Å². The van der Waals surface area contributed by atoms with Gasteiger partial charge in [-0.25, -0.2) is 12.8 Å². The minimum atomic E-state index is -3.27. The van der Waals surface area contributed by atoms with Crippen LogP contribution < -0.4 is 5.32 Å². The summed E-state index contributed by atoms with van der Waals surface area (Å²) in [4.78, 5) is 0.0683. The molecule has 0 aliphatic carbocycles. The van der Waals surface area contributed by atoms with Gasteiger partial charge in [0.1, 0.15) is 5.82 Å². The van der Waals surface area contributed by atoms with Gasteiger partial charge in [-0.2, -0.15) is 0 Å². The highest BCUT2D eigenvalue weighted by Crippen LogP contribution is 2.26. The molecule has 0 bridgehead atoms. The van der Waals surface area contributed by atoms with Crippen molar-refractivity contribution in [1.29, 1.82) is 0 Å². The van der Waals surface area contributed by atoms with E-state index in [1.165, 1.54) is 12.1 Å². The third-order valence-corrected chi connectivity index (χ3v) is 3.71. The maximum Gasteiger partial charge on any atom is 0.182 e. The Morgan fingerprint density at radius 1 is 1.38 bits per heavy atom. The quantitative estimate of drug-likeness (QED) is 0.681. The topological polar surface area (TPSA) is 46.2 Å². The van der Waals surface area contributed by atoms with Crippen molar-refractivity contribution in [1.82, 2.24) is 0 Å². The van der Waals surface area contributed by atoms with Crippen LogP contribution in [-0.4, -0.2) is 20.7 Å². The van der Waals surface area contributed by atoms with Crippen LogP contribution in [0.4, 0.5) is 10.1 Å². The van der Waals surface area contributed by atoms with Gasteiger partial charge in [0.25, 0.3) is 0 Å². The predicted octanol–water partition coefficient (Wildman–Crippen LogP) is 1.02. The lowest BCUT2D eigenvalue weighted by Crippen LogP contribution is -2.23. The van der Waals surface area contributed by atoms with E-state index in [0.29, 0.717) is 12.2 Å². The molecule has 1 aliphatic heterocycles. The smallest absolute Gasteiger partial charge is 0.182 e. The van der Waals surface area contributed by atoms with E-state index in [4.69, 9.17) is 0 Å². The first-order valence-electron chi connectivity index (χ1n) is 3.86. The molecular weight excluding hydrogens is 193 g/mol. The molecule has 3 nitrogen and oxygen atoms in total. The fraction of sp³-hybridized carbons (Fsp3) is 0.250. The van der Waals surface area contributed by atoms with Gasteiger partial charge in [-0.15, -0.1) is 0 Å². The molecule has 0 amide bonds. The van der Waals surface area contributed by atoms with E-state index >= 15 is 0 Å². The number of anilines is 1. The Morgan fingerprint density at radius 2 is 2.15 bits per heavy atom. The number of nitrogens with one attached hydrogen (secondary N) is 1. The maximum atomic E-state index is 12.7. The zero-order valence-corrected chi connectivity index (χ0v) is 7.57. The van der Waals surface area contributed by atoms with E-state index in [2.05, 4.69) is 5.32 Å². The van der Waals surface area contributed by atoms with Crippen molar-refractivity contribution in [3.63, 3.8) is 0 Å². The van der Waals surface area contributed by atoms with Crippen LogP contribution in [0, 0.1) is 5.82 Å². The van der Waals surface area contributed by atoms with Crippen molar-refractivity contribution < 1.29 is 12.8 Å². The van der Waals surface area contributed by atoms with E-state index in [1.807, 2.05) is 0 Å². The number of hydrogen-bond donors (Lipinski definition) is 1. The molecule has 0 aromatic heterocycles. The molecule has 70 valence electrons. The van der Waals surface area contributed by atoms with Crippen LogP contribution in [0.1, 0.15) is 0 Å². The summed E-state index contributed by atoms with van der Waals surface area (Å²) in [5, 5.41) is 2.90. The molecule has 0 radical (unpaired) electrons. The first-order chi connectivity index (χ1) is 6.09. The van der Waals surface area contributed by atoms with Gasteiger partial charge in [-0.05, 0) is 18.2 Å². The molecular formula is C8H8FNO2S. The highest BCUT2D eigenvalue weighted by molar-refractivity contribution is 7.91.